The predicted octanol–water partition coefficient (Wildman–Crippen LogP) is 1.87. The summed E-state index contributed by atoms with van der Waals surface area (Å²) in [5, 5.41) is 8.95. The van der Waals surface area contributed by atoms with Crippen molar-refractivity contribution in [3.8, 4) is 0 Å². The van der Waals surface area contributed by atoms with E-state index in [2.05, 4.69) is 0 Å². The third kappa shape index (κ3) is 1.80. The van der Waals surface area contributed by atoms with Crippen LogP contribution in [0.2, 0.25) is 0 Å². The summed E-state index contributed by atoms with van der Waals surface area (Å²) in [4.78, 5) is 12.3. The van der Waals surface area contributed by atoms with Gasteiger partial charge in [0, 0.05) is 13.7 Å². The Bertz CT molecular complexity index is 378. The van der Waals surface area contributed by atoms with E-state index >= 15 is 0 Å². The maximum atomic E-state index is 10.9. The average molecular weight is 207 g/mol. The van der Waals surface area contributed by atoms with Crippen LogP contribution in [-0.4, -0.2) is 29.8 Å². The van der Waals surface area contributed by atoms with Crippen LogP contribution in [0, 0.1) is 0 Å². The molecule has 0 radical (unpaired) electrons. The van der Waals surface area contributed by atoms with E-state index in [1.165, 1.54) is 4.90 Å². The lowest BCUT2D eigenvalue weighted by molar-refractivity contribution is 0.0479. The van der Waals surface area contributed by atoms with Gasteiger partial charge in [0.15, 0.2) is 0 Å². The first-order valence-electron chi connectivity index (χ1n) is 4.81. The van der Waals surface area contributed by atoms with Gasteiger partial charge in [0.25, 0.3) is 0 Å². The maximum Gasteiger partial charge on any atom is 0.407 e. The molecule has 0 bridgehead atoms. The normalized spacial score (nSPS) is 19.8. The van der Waals surface area contributed by atoms with E-state index in [0.29, 0.717) is 13.1 Å². The van der Waals surface area contributed by atoms with E-state index in [4.69, 9.17) is 9.84 Å². The molecule has 0 saturated heterocycles. The Morgan fingerprint density at radius 2 is 2.27 bits per heavy atom. The fourth-order valence-electron chi connectivity index (χ4n) is 1.91. The van der Waals surface area contributed by atoms with Gasteiger partial charge in [-0.1, -0.05) is 24.3 Å². The molecule has 0 aromatic heterocycles. The molecule has 15 heavy (non-hydrogen) atoms. The lowest BCUT2D eigenvalue weighted by Crippen LogP contribution is -2.37. The van der Waals surface area contributed by atoms with Crippen LogP contribution in [0.3, 0.4) is 0 Å². The zero-order chi connectivity index (χ0) is 10.8. The van der Waals surface area contributed by atoms with Crippen LogP contribution in [0.5, 0.6) is 0 Å². The predicted molar refractivity (Wildman–Crippen MR) is 54.6 cm³/mol. The molecule has 1 unspecified atom stereocenters. The molecule has 80 valence electrons. The van der Waals surface area contributed by atoms with Crippen molar-refractivity contribution in [2.45, 2.75) is 12.6 Å². The number of nitrogens with zero attached hydrogens (tertiary/aromatic N) is 1. The quantitative estimate of drug-likeness (QED) is 0.764. The number of methoxy groups -OCH3 is 1. The Morgan fingerprint density at radius 3 is 2.93 bits per heavy atom. The first-order chi connectivity index (χ1) is 7.22. The number of hydrogen-bond donors (Lipinski definition) is 1. The zero-order valence-electron chi connectivity index (χ0n) is 8.51. The average Bonchev–Trinajstić information content (AvgIpc) is 2.27. The molecular formula is C11H13NO3. The van der Waals surface area contributed by atoms with Crippen molar-refractivity contribution in [2.75, 3.05) is 13.7 Å². The molecule has 4 nitrogen and oxygen atoms in total. The topological polar surface area (TPSA) is 49.8 Å². The van der Waals surface area contributed by atoms with Gasteiger partial charge in [-0.25, -0.2) is 4.79 Å². The highest BCUT2D eigenvalue weighted by atomic mass is 16.5. The number of rotatable bonds is 1. The zero-order valence-corrected chi connectivity index (χ0v) is 8.51. The minimum atomic E-state index is -0.897. The summed E-state index contributed by atoms with van der Waals surface area (Å²) in [6.07, 6.45) is -1.04. The minimum Gasteiger partial charge on any atom is -0.465 e. The molecule has 1 aliphatic heterocycles. The number of carbonyl (C=O) groups is 1. The van der Waals surface area contributed by atoms with E-state index in [0.717, 1.165) is 11.1 Å². The molecule has 2 rings (SSSR count). The van der Waals surface area contributed by atoms with Crippen LogP contribution in [0.25, 0.3) is 0 Å². The molecule has 1 amide bonds. The maximum absolute atomic E-state index is 10.9. The van der Waals surface area contributed by atoms with Gasteiger partial charge < -0.3 is 14.7 Å². The first kappa shape index (κ1) is 9.98. The fourth-order valence-corrected chi connectivity index (χ4v) is 1.91. The largest absolute Gasteiger partial charge is 0.465 e. The molecule has 0 spiro atoms. The number of carboxylic acid groups (broad SMARTS) is 1. The Kier molecular flexibility index (Phi) is 2.60. The van der Waals surface area contributed by atoms with Gasteiger partial charge in [0.05, 0.1) is 6.54 Å². The number of fused-ring (bicyclic) bond motifs is 1. The molecule has 1 atom stereocenters. The van der Waals surface area contributed by atoms with Crippen molar-refractivity contribution in [3.05, 3.63) is 35.4 Å². The van der Waals surface area contributed by atoms with Crippen LogP contribution in [-0.2, 0) is 11.3 Å². The monoisotopic (exact) mass is 207 g/mol. The lowest BCUT2D eigenvalue weighted by atomic mass is 9.98. The Balaban J connectivity index is 2.34. The van der Waals surface area contributed by atoms with Crippen molar-refractivity contribution >= 4 is 6.09 Å². The molecule has 0 aliphatic carbocycles. The highest BCUT2D eigenvalue weighted by Crippen LogP contribution is 2.28. The van der Waals surface area contributed by atoms with Crippen molar-refractivity contribution in [3.63, 3.8) is 0 Å². The summed E-state index contributed by atoms with van der Waals surface area (Å²) >= 11 is 0. The molecule has 0 saturated carbocycles. The molecule has 1 aromatic rings. The minimum absolute atomic E-state index is 0.147. The Labute approximate surface area is 88.1 Å². The van der Waals surface area contributed by atoms with Crippen LogP contribution < -0.4 is 0 Å². The van der Waals surface area contributed by atoms with Gasteiger partial charge in [-0.2, -0.15) is 0 Å². The highest BCUT2D eigenvalue weighted by Gasteiger charge is 2.27. The third-order valence-corrected chi connectivity index (χ3v) is 2.70. The van der Waals surface area contributed by atoms with Gasteiger partial charge in [-0.05, 0) is 11.1 Å². The molecule has 4 heteroatoms. The van der Waals surface area contributed by atoms with Crippen molar-refractivity contribution in [1.82, 2.24) is 4.90 Å². The van der Waals surface area contributed by atoms with Crippen LogP contribution >= 0.6 is 0 Å². The van der Waals surface area contributed by atoms with Crippen molar-refractivity contribution in [2.24, 2.45) is 0 Å². The summed E-state index contributed by atoms with van der Waals surface area (Å²) in [5.74, 6) is 0. The van der Waals surface area contributed by atoms with Gasteiger partial charge in [0.2, 0.25) is 0 Å². The smallest absolute Gasteiger partial charge is 0.407 e. The van der Waals surface area contributed by atoms with Crippen molar-refractivity contribution in [1.29, 1.82) is 0 Å². The van der Waals surface area contributed by atoms with Gasteiger partial charge >= 0.3 is 6.09 Å². The fraction of sp³-hybridized carbons (Fsp3) is 0.364. The number of amides is 1. The Hall–Kier alpha value is -1.55. The molecule has 1 aromatic carbocycles. The van der Waals surface area contributed by atoms with E-state index in [1.54, 1.807) is 7.11 Å². The van der Waals surface area contributed by atoms with E-state index < -0.39 is 6.09 Å². The van der Waals surface area contributed by atoms with Gasteiger partial charge in [-0.15, -0.1) is 0 Å². The van der Waals surface area contributed by atoms with Crippen LogP contribution in [0.4, 0.5) is 4.79 Å². The number of benzene rings is 1. The number of hydrogen-bond acceptors (Lipinski definition) is 2. The van der Waals surface area contributed by atoms with Gasteiger partial charge in [0.1, 0.15) is 6.10 Å². The summed E-state index contributed by atoms with van der Waals surface area (Å²) in [7, 11) is 1.60. The molecule has 1 N–H and O–H groups in total. The number of ether oxygens (including phenoxy) is 1. The second kappa shape index (κ2) is 3.90. The summed E-state index contributed by atoms with van der Waals surface area (Å²) < 4.78 is 5.29. The van der Waals surface area contributed by atoms with E-state index in [1.807, 2.05) is 24.3 Å². The third-order valence-electron chi connectivity index (χ3n) is 2.70. The van der Waals surface area contributed by atoms with Crippen molar-refractivity contribution < 1.29 is 14.6 Å². The van der Waals surface area contributed by atoms with Crippen LogP contribution in [0.15, 0.2) is 24.3 Å². The van der Waals surface area contributed by atoms with E-state index in [-0.39, 0.29) is 6.10 Å². The highest BCUT2D eigenvalue weighted by molar-refractivity contribution is 5.65. The molecule has 1 heterocycles. The molecule has 1 aliphatic rings. The summed E-state index contributed by atoms with van der Waals surface area (Å²) in [6.45, 7) is 0.855. The lowest BCUT2D eigenvalue weighted by Gasteiger charge is -2.31. The Morgan fingerprint density at radius 1 is 1.53 bits per heavy atom. The SMILES string of the molecule is COC1CN(C(=O)O)Cc2ccccc21. The van der Waals surface area contributed by atoms with Crippen LogP contribution in [0.1, 0.15) is 17.2 Å². The first-order valence-corrected chi connectivity index (χ1v) is 4.81. The standard InChI is InChI=1S/C11H13NO3/c1-15-10-7-12(11(13)14)6-8-4-2-3-5-9(8)10/h2-5,10H,6-7H2,1H3,(H,13,14). The molecule has 0 fully saturated rings. The molecular weight excluding hydrogens is 194 g/mol. The van der Waals surface area contributed by atoms with E-state index in [9.17, 15) is 4.79 Å². The summed E-state index contributed by atoms with van der Waals surface area (Å²) in [5.41, 5.74) is 2.12. The summed E-state index contributed by atoms with van der Waals surface area (Å²) in [6, 6.07) is 7.79. The second-order valence-corrected chi connectivity index (χ2v) is 3.59. The van der Waals surface area contributed by atoms with Gasteiger partial charge in [-0.3, -0.25) is 0 Å². The second-order valence-electron chi connectivity index (χ2n) is 3.59.